The van der Waals surface area contributed by atoms with Gasteiger partial charge in [-0.3, -0.25) is 0 Å². The van der Waals surface area contributed by atoms with Gasteiger partial charge in [0, 0.05) is 17.1 Å². The zero-order valence-electron chi connectivity index (χ0n) is 8.58. The van der Waals surface area contributed by atoms with Crippen LogP contribution < -0.4 is 0 Å². The molecule has 0 bridgehead atoms. The van der Waals surface area contributed by atoms with Crippen molar-refractivity contribution in [1.29, 1.82) is 0 Å². The lowest BCUT2D eigenvalue weighted by Crippen LogP contribution is -2.34. The van der Waals surface area contributed by atoms with Crippen molar-refractivity contribution in [3.63, 3.8) is 0 Å². The molecule has 1 saturated carbocycles. The fraction of sp³-hybridized carbons (Fsp3) is 1.00. The third kappa shape index (κ3) is 3.07. The van der Waals surface area contributed by atoms with Crippen molar-refractivity contribution in [2.45, 2.75) is 54.7 Å². The summed E-state index contributed by atoms with van der Waals surface area (Å²) in [6.07, 6.45) is 8.55. The fourth-order valence-corrected chi connectivity index (χ4v) is 3.23. The molecule has 0 spiro atoms. The Hall–Kier alpha value is 0.650. The molecule has 0 aromatic carbocycles. The van der Waals surface area contributed by atoms with E-state index in [4.69, 9.17) is 9.47 Å². The second-order valence-corrected chi connectivity index (χ2v) is 5.89. The van der Waals surface area contributed by atoms with E-state index in [1.165, 1.54) is 25.7 Å². The Morgan fingerprint density at radius 3 is 2.43 bits per heavy atom. The van der Waals surface area contributed by atoms with Crippen LogP contribution in [0, 0.1) is 0 Å². The van der Waals surface area contributed by atoms with Gasteiger partial charge in [0.1, 0.15) is 0 Å². The summed E-state index contributed by atoms with van der Waals surface area (Å²) in [6.45, 7) is 1.78. The van der Waals surface area contributed by atoms with Crippen molar-refractivity contribution in [1.82, 2.24) is 0 Å². The summed E-state index contributed by atoms with van der Waals surface area (Å²) in [5.74, 6) is 0. The van der Waals surface area contributed by atoms with Crippen molar-refractivity contribution in [3.8, 4) is 0 Å². The van der Waals surface area contributed by atoms with Gasteiger partial charge in [-0.1, -0.05) is 35.4 Å². The van der Waals surface area contributed by atoms with E-state index in [0.717, 1.165) is 30.0 Å². The molecule has 2 aliphatic rings. The molecule has 1 aliphatic heterocycles. The average Bonchev–Trinajstić information content (AvgIpc) is 2.23. The van der Waals surface area contributed by atoms with E-state index >= 15 is 0 Å². The number of halogens is 1. The minimum atomic E-state index is 0.476. The van der Waals surface area contributed by atoms with Crippen molar-refractivity contribution in [2.24, 2.45) is 0 Å². The van der Waals surface area contributed by atoms with Crippen LogP contribution in [0.3, 0.4) is 0 Å². The minimum absolute atomic E-state index is 0.476. The molecule has 3 heteroatoms. The third-order valence-electron chi connectivity index (χ3n) is 3.16. The van der Waals surface area contributed by atoms with E-state index in [-0.39, 0.29) is 0 Å². The topological polar surface area (TPSA) is 18.5 Å². The number of hydrogen-bond donors (Lipinski definition) is 0. The molecule has 2 unspecified atom stereocenters. The van der Waals surface area contributed by atoms with Crippen molar-refractivity contribution in [3.05, 3.63) is 0 Å². The summed E-state index contributed by atoms with van der Waals surface area (Å²) >= 11 is 2.56. The predicted octanol–water partition coefficient (Wildman–Crippen LogP) is 2.93. The number of rotatable bonds is 2. The van der Waals surface area contributed by atoms with Crippen LogP contribution >= 0.6 is 22.6 Å². The van der Waals surface area contributed by atoms with Gasteiger partial charge in [-0.2, -0.15) is 0 Å². The van der Waals surface area contributed by atoms with Crippen LogP contribution in [-0.2, 0) is 9.47 Å². The maximum atomic E-state index is 6.16. The Morgan fingerprint density at radius 2 is 1.71 bits per heavy atom. The number of hydrogen-bond acceptors (Lipinski definition) is 2. The zero-order chi connectivity index (χ0) is 9.80. The van der Waals surface area contributed by atoms with Crippen LogP contribution in [0.1, 0.15) is 38.5 Å². The maximum Gasteiger partial charge on any atom is 0.0696 e. The zero-order valence-corrected chi connectivity index (χ0v) is 10.7. The summed E-state index contributed by atoms with van der Waals surface area (Å²) in [4.78, 5) is 0. The fourth-order valence-electron chi connectivity index (χ4n) is 2.26. The summed E-state index contributed by atoms with van der Waals surface area (Å²) in [5, 5.41) is 0. The van der Waals surface area contributed by atoms with Crippen LogP contribution in [0.15, 0.2) is 0 Å². The van der Waals surface area contributed by atoms with Crippen molar-refractivity contribution in [2.75, 3.05) is 13.2 Å². The highest BCUT2D eigenvalue weighted by molar-refractivity contribution is 14.1. The highest BCUT2D eigenvalue weighted by Crippen LogP contribution is 2.29. The SMILES string of the molecule is IC1CCCCC1OC1CCOCC1. The normalized spacial score (nSPS) is 35.8. The van der Waals surface area contributed by atoms with Crippen LogP contribution in [0.4, 0.5) is 0 Å². The second kappa shape index (κ2) is 5.66. The number of alkyl halides is 1. The molecule has 2 rings (SSSR count). The van der Waals surface area contributed by atoms with Crippen LogP contribution in [0.5, 0.6) is 0 Å². The molecule has 2 atom stereocenters. The summed E-state index contributed by atoms with van der Waals surface area (Å²) < 4.78 is 12.2. The average molecular weight is 310 g/mol. The van der Waals surface area contributed by atoms with Crippen molar-refractivity contribution < 1.29 is 9.47 Å². The van der Waals surface area contributed by atoms with E-state index in [9.17, 15) is 0 Å². The molecule has 0 N–H and O–H groups in total. The Morgan fingerprint density at radius 1 is 1.00 bits per heavy atom. The van der Waals surface area contributed by atoms with Gasteiger partial charge in [0.25, 0.3) is 0 Å². The Labute approximate surface area is 99.9 Å². The molecule has 1 aliphatic carbocycles. The van der Waals surface area contributed by atoms with E-state index in [0.29, 0.717) is 12.2 Å². The maximum absolute atomic E-state index is 6.16. The summed E-state index contributed by atoms with van der Waals surface area (Å²) in [6, 6.07) is 0. The van der Waals surface area contributed by atoms with E-state index in [1.54, 1.807) is 0 Å². The third-order valence-corrected chi connectivity index (χ3v) is 4.58. The first kappa shape index (κ1) is 11.1. The van der Waals surface area contributed by atoms with Crippen LogP contribution in [-0.4, -0.2) is 29.3 Å². The Balaban J connectivity index is 1.76. The van der Waals surface area contributed by atoms with Gasteiger partial charge < -0.3 is 9.47 Å². The Kier molecular flexibility index (Phi) is 4.50. The standard InChI is InChI=1S/C11H19IO2/c12-10-3-1-2-4-11(10)14-9-5-7-13-8-6-9/h9-11H,1-8H2. The van der Waals surface area contributed by atoms with E-state index < -0.39 is 0 Å². The molecule has 0 aromatic rings. The molecule has 1 heterocycles. The summed E-state index contributed by atoms with van der Waals surface area (Å²) in [7, 11) is 0. The van der Waals surface area contributed by atoms with Gasteiger partial charge >= 0.3 is 0 Å². The van der Waals surface area contributed by atoms with Gasteiger partial charge in [0.05, 0.1) is 12.2 Å². The molecule has 2 nitrogen and oxygen atoms in total. The van der Waals surface area contributed by atoms with Gasteiger partial charge in [0.2, 0.25) is 0 Å². The highest BCUT2D eigenvalue weighted by Gasteiger charge is 2.26. The first-order valence-corrected chi connectivity index (χ1v) is 6.98. The monoisotopic (exact) mass is 310 g/mol. The first-order chi connectivity index (χ1) is 6.86. The lowest BCUT2D eigenvalue weighted by Gasteiger charge is -2.33. The van der Waals surface area contributed by atoms with Crippen molar-refractivity contribution >= 4 is 22.6 Å². The predicted molar refractivity (Wildman–Crippen MR) is 65.0 cm³/mol. The molecule has 2 fully saturated rings. The lowest BCUT2D eigenvalue weighted by atomic mass is 9.97. The van der Waals surface area contributed by atoms with Gasteiger partial charge in [-0.15, -0.1) is 0 Å². The molecule has 14 heavy (non-hydrogen) atoms. The number of ether oxygens (including phenoxy) is 2. The van der Waals surface area contributed by atoms with E-state index in [2.05, 4.69) is 22.6 Å². The molecule has 1 saturated heterocycles. The molecule has 0 aromatic heterocycles. The van der Waals surface area contributed by atoms with E-state index in [1.807, 2.05) is 0 Å². The smallest absolute Gasteiger partial charge is 0.0696 e. The summed E-state index contributed by atoms with van der Waals surface area (Å²) in [5.41, 5.74) is 0. The molecule has 0 radical (unpaired) electrons. The quantitative estimate of drug-likeness (QED) is 0.577. The first-order valence-electron chi connectivity index (χ1n) is 5.73. The largest absolute Gasteiger partial charge is 0.381 e. The molecule has 0 amide bonds. The molecular weight excluding hydrogens is 291 g/mol. The van der Waals surface area contributed by atoms with Gasteiger partial charge in [0.15, 0.2) is 0 Å². The van der Waals surface area contributed by atoms with Gasteiger partial charge in [-0.05, 0) is 25.7 Å². The lowest BCUT2D eigenvalue weighted by molar-refractivity contribution is -0.0741. The minimum Gasteiger partial charge on any atom is -0.381 e. The highest BCUT2D eigenvalue weighted by atomic mass is 127. The molecular formula is C11H19IO2. The van der Waals surface area contributed by atoms with Crippen LogP contribution in [0.2, 0.25) is 0 Å². The van der Waals surface area contributed by atoms with Crippen LogP contribution in [0.25, 0.3) is 0 Å². The Bertz CT molecular complexity index is 169. The van der Waals surface area contributed by atoms with Gasteiger partial charge in [-0.25, -0.2) is 0 Å². The molecule has 82 valence electrons. The second-order valence-electron chi connectivity index (χ2n) is 4.29.